The maximum Gasteiger partial charge on any atom is 0.419 e. The van der Waals surface area contributed by atoms with Gasteiger partial charge in [0.2, 0.25) is 11.9 Å². The second kappa shape index (κ2) is 10.2. The van der Waals surface area contributed by atoms with Crippen LogP contribution in [0.3, 0.4) is 0 Å². The Balaban J connectivity index is 1.12. The number of carbonyl (C=O) groups excluding carboxylic acids is 1. The number of benzene rings is 1. The number of hydrogen-bond acceptors (Lipinski definition) is 7. The van der Waals surface area contributed by atoms with Crippen LogP contribution >= 0.6 is 0 Å². The third-order valence-corrected chi connectivity index (χ3v) is 8.59. The van der Waals surface area contributed by atoms with Crippen LogP contribution in [0.2, 0.25) is 0 Å². The van der Waals surface area contributed by atoms with Gasteiger partial charge in [0.25, 0.3) is 6.01 Å². The zero-order valence-electron chi connectivity index (χ0n) is 21.4. The molecule has 206 valence electrons. The van der Waals surface area contributed by atoms with E-state index in [1.165, 1.54) is 6.42 Å². The number of fused-ring (bicyclic) bond motifs is 2. The van der Waals surface area contributed by atoms with E-state index >= 15 is 0 Å². The number of nitrogens with one attached hydrogen (secondary N) is 1. The van der Waals surface area contributed by atoms with Crippen LogP contribution in [0.25, 0.3) is 11.3 Å². The number of piperidine rings is 1. The van der Waals surface area contributed by atoms with Crippen molar-refractivity contribution >= 4 is 17.9 Å². The maximum atomic E-state index is 13.0. The van der Waals surface area contributed by atoms with Crippen molar-refractivity contribution in [1.29, 1.82) is 0 Å². The first-order valence-corrected chi connectivity index (χ1v) is 13.5. The van der Waals surface area contributed by atoms with Gasteiger partial charge in [-0.2, -0.15) is 13.2 Å². The molecule has 2 aromatic heterocycles. The molecular formula is C28H31F3N6O2. The van der Waals surface area contributed by atoms with Crippen LogP contribution in [0.5, 0.6) is 0 Å². The third-order valence-electron chi connectivity index (χ3n) is 8.59. The summed E-state index contributed by atoms with van der Waals surface area (Å²) in [5.41, 5.74) is 5.73. The normalized spacial score (nSPS) is 26.6. The molecule has 3 N–H and O–H groups in total. The smallest absolute Gasteiger partial charge is 0.419 e. The van der Waals surface area contributed by atoms with Gasteiger partial charge in [0.05, 0.1) is 11.8 Å². The van der Waals surface area contributed by atoms with Gasteiger partial charge in [-0.05, 0) is 62.0 Å². The van der Waals surface area contributed by atoms with Gasteiger partial charge in [-0.25, -0.2) is 15.0 Å². The fraction of sp³-hybridized carbons (Fsp3) is 0.500. The summed E-state index contributed by atoms with van der Waals surface area (Å²) in [7, 11) is 0. The van der Waals surface area contributed by atoms with Gasteiger partial charge in [0, 0.05) is 42.1 Å². The molecule has 3 fully saturated rings. The van der Waals surface area contributed by atoms with Crippen LogP contribution in [0.15, 0.2) is 47.3 Å². The van der Waals surface area contributed by atoms with Gasteiger partial charge < -0.3 is 20.4 Å². The van der Waals surface area contributed by atoms with E-state index in [1.54, 1.807) is 24.4 Å². The molecule has 5 atom stereocenters. The molecule has 3 aromatic rings. The topological polar surface area (TPSA) is 110 Å². The van der Waals surface area contributed by atoms with E-state index in [4.69, 9.17) is 10.2 Å². The second-order valence-electron chi connectivity index (χ2n) is 11.1. The number of nitrogens with two attached hydrogens (primary N) is 1. The van der Waals surface area contributed by atoms with Crippen molar-refractivity contribution in [3.63, 3.8) is 0 Å². The number of rotatable bonds is 7. The quantitative estimate of drug-likeness (QED) is 0.406. The molecule has 1 aromatic carbocycles. The predicted octanol–water partition coefficient (Wildman–Crippen LogP) is 5.53. The van der Waals surface area contributed by atoms with Crippen molar-refractivity contribution in [3.05, 3.63) is 54.0 Å². The summed E-state index contributed by atoms with van der Waals surface area (Å²) in [6, 6.07) is 7.89. The molecule has 3 heterocycles. The SMILES string of the molecule is NC(=O)c1cccc(-c2cnc(N[C@@H]3CCCC[C@H]3C[C@H]3C[C@@H]4C[C@H]3N(c3ncc(C(F)(F)F)cn3)C4)o2)c1. The summed E-state index contributed by atoms with van der Waals surface area (Å²) < 4.78 is 44.9. The van der Waals surface area contributed by atoms with Crippen molar-refractivity contribution in [3.8, 4) is 11.3 Å². The van der Waals surface area contributed by atoms with Gasteiger partial charge in [0.1, 0.15) is 0 Å². The van der Waals surface area contributed by atoms with Crippen LogP contribution in [-0.4, -0.2) is 39.5 Å². The zero-order chi connectivity index (χ0) is 27.1. The number of hydrogen-bond donors (Lipinski definition) is 2. The highest BCUT2D eigenvalue weighted by Gasteiger charge is 2.47. The molecule has 8 nitrogen and oxygen atoms in total. The van der Waals surface area contributed by atoms with Crippen molar-refractivity contribution in [2.24, 2.45) is 23.5 Å². The van der Waals surface area contributed by atoms with Crippen LogP contribution in [-0.2, 0) is 6.18 Å². The Morgan fingerprint density at radius 3 is 2.62 bits per heavy atom. The van der Waals surface area contributed by atoms with E-state index in [1.807, 2.05) is 6.07 Å². The lowest BCUT2D eigenvalue weighted by atomic mass is 9.77. The lowest BCUT2D eigenvalue weighted by Crippen LogP contribution is -2.42. The highest BCUT2D eigenvalue weighted by Crippen LogP contribution is 2.47. The maximum absolute atomic E-state index is 13.0. The monoisotopic (exact) mass is 540 g/mol. The minimum absolute atomic E-state index is 0.220. The number of carbonyl (C=O) groups is 1. The second-order valence-corrected chi connectivity index (χ2v) is 11.1. The van der Waals surface area contributed by atoms with E-state index < -0.39 is 17.6 Å². The van der Waals surface area contributed by atoms with E-state index in [2.05, 4.69) is 25.2 Å². The van der Waals surface area contributed by atoms with E-state index in [0.717, 1.165) is 63.0 Å². The minimum Gasteiger partial charge on any atom is -0.424 e. The number of halogens is 3. The van der Waals surface area contributed by atoms with Gasteiger partial charge in [-0.15, -0.1) is 0 Å². The molecule has 39 heavy (non-hydrogen) atoms. The molecule has 2 saturated carbocycles. The van der Waals surface area contributed by atoms with Gasteiger partial charge in [-0.3, -0.25) is 4.79 Å². The molecule has 11 heteroatoms. The Morgan fingerprint density at radius 1 is 1.08 bits per heavy atom. The Kier molecular flexibility index (Phi) is 6.68. The molecule has 0 unspecified atom stereocenters. The molecule has 1 amide bonds. The molecule has 0 spiro atoms. The lowest BCUT2D eigenvalue weighted by molar-refractivity contribution is -0.138. The number of aromatic nitrogens is 3. The van der Waals surface area contributed by atoms with E-state index in [9.17, 15) is 18.0 Å². The van der Waals surface area contributed by atoms with E-state index in [-0.39, 0.29) is 12.1 Å². The van der Waals surface area contributed by atoms with Gasteiger partial charge in [0.15, 0.2) is 5.76 Å². The van der Waals surface area contributed by atoms with E-state index in [0.29, 0.717) is 41.0 Å². The average molecular weight is 541 g/mol. The van der Waals surface area contributed by atoms with Crippen LogP contribution in [0.4, 0.5) is 25.1 Å². The van der Waals surface area contributed by atoms with Crippen LogP contribution < -0.4 is 16.0 Å². The van der Waals surface area contributed by atoms with Gasteiger partial charge in [-0.1, -0.05) is 25.0 Å². The Bertz CT molecular complexity index is 1330. The Labute approximate surface area is 224 Å². The van der Waals surface area contributed by atoms with Crippen LogP contribution in [0.1, 0.15) is 60.9 Å². The fourth-order valence-electron chi connectivity index (χ4n) is 6.79. The summed E-state index contributed by atoms with van der Waals surface area (Å²) in [5, 5.41) is 3.53. The number of oxazole rings is 1. The summed E-state index contributed by atoms with van der Waals surface area (Å²) in [4.78, 5) is 26.3. The first-order chi connectivity index (χ1) is 18.7. The summed E-state index contributed by atoms with van der Waals surface area (Å²) in [5.74, 6) is 1.86. The zero-order valence-corrected chi connectivity index (χ0v) is 21.4. The lowest BCUT2D eigenvalue weighted by Gasteiger charge is -2.38. The average Bonchev–Trinajstić information content (AvgIpc) is 3.66. The molecule has 0 radical (unpaired) electrons. The molecule has 1 saturated heterocycles. The van der Waals surface area contributed by atoms with Crippen molar-refractivity contribution in [1.82, 2.24) is 15.0 Å². The molecule has 6 rings (SSSR count). The number of primary amides is 1. The number of alkyl halides is 3. The first-order valence-electron chi connectivity index (χ1n) is 13.5. The fourth-order valence-corrected chi connectivity index (χ4v) is 6.79. The largest absolute Gasteiger partial charge is 0.424 e. The predicted molar refractivity (Wildman–Crippen MR) is 139 cm³/mol. The minimum atomic E-state index is -4.44. The number of amides is 1. The molecule has 2 aliphatic carbocycles. The summed E-state index contributed by atoms with van der Waals surface area (Å²) in [6.45, 7) is 0.801. The highest BCUT2D eigenvalue weighted by molar-refractivity contribution is 5.93. The van der Waals surface area contributed by atoms with Crippen molar-refractivity contribution < 1.29 is 22.4 Å². The Morgan fingerprint density at radius 2 is 1.87 bits per heavy atom. The number of nitrogens with zero attached hydrogens (tertiary/aromatic N) is 4. The van der Waals surface area contributed by atoms with Crippen molar-refractivity contribution in [2.45, 2.75) is 63.2 Å². The van der Waals surface area contributed by atoms with Gasteiger partial charge >= 0.3 is 6.18 Å². The first kappa shape index (κ1) is 25.6. The molecule has 2 bridgehead atoms. The summed E-state index contributed by atoms with van der Waals surface area (Å²) in [6.07, 6.45) is 6.61. The third kappa shape index (κ3) is 5.31. The number of anilines is 2. The highest BCUT2D eigenvalue weighted by atomic mass is 19.4. The molecule has 1 aliphatic heterocycles. The van der Waals surface area contributed by atoms with Crippen molar-refractivity contribution in [2.75, 3.05) is 16.8 Å². The summed E-state index contributed by atoms with van der Waals surface area (Å²) >= 11 is 0. The standard InChI is InChI=1S/C28H31F3N6O2/c29-28(30,31)21-12-33-26(34-13-21)37-15-16-8-20(23(37)9-16)10-17-4-1-2-7-22(17)36-27-35-14-24(39-27)18-5-3-6-19(11-18)25(32)38/h3,5-6,11-14,16-17,20,22-23H,1-2,4,7-10,15H2,(H2,32,38)(H,35,36)/t16-,17+,20-,22-,23-/m1/s1. The Hall–Kier alpha value is -3.63. The molecular weight excluding hydrogens is 509 g/mol. The molecule has 3 aliphatic rings. The van der Waals surface area contributed by atoms with Crippen LogP contribution in [0, 0.1) is 17.8 Å².